The summed E-state index contributed by atoms with van der Waals surface area (Å²) in [6, 6.07) is 16.5. The smallest absolute Gasteiger partial charge is 0.416 e. The highest BCUT2D eigenvalue weighted by atomic mass is 35.5. The van der Waals surface area contributed by atoms with Crippen LogP contribution in [-0.2, 0) is 22.4 Å². The number of hydrogen-bond acceptors (Lipinski definition) is 4. The zero-order valence-electron chi connectivity index (χ0n) is 19.0. The number of fused-ring (bicyclic) bond motifs is 2. The van der Waals surface area contributed by atoms with Crippen molar-refractivity contribution in [1.82, 2.24) is 4.90 Å². The van der Waals surface area contributed by atoms with E-state index >= 15 is 0 Å². The SMILES string of the molecule is COc1ccc2c(c1)[C@]1(SCCN1C(=O)c1ccc(Cl)cc1)C(=O)N2Cc1cccc(C(F)(F)F)c1. The number of alkyl halides is 3. The second-order valence-corrected chi connectivity index (χ2v) is 10.2. The van der Waals surface area contributed by atoms with E-state index < -0.39 is 16.6 Å². The normalized spacial score (nSPS) is 19.2. The topological polar surface area (TPSA) is 49.9 Å². The molecule has 0 aliphatic carbocycles. The number of carbonyl (C=O) groups is 2. The van der Waals surface area contributed by atoms with E-state index in [1.54, 1.807) is 48.5 Å². The lowest BCUT2D eigenvalue weighted by atomic mass is 10.0. The molecule has 0 unspecified atom stereocenters. The summed E-state index contributed by atoms with van der Waals surface area (Å²) in [6.45, 7) is 0.249. The van der Waals surface area contributed by atoms with Crippen LogP contribution < -0.4 is 9.64 Å². The predicted octanol–water partition coefficient (Wildman–Crippen LogP) is 5.96. The van der Waals surface area contributed by atoms with E-state index in [0.29, 0.717) is 45.4 Å². The number of ether oxygens (including phenoxy) is 1. The van der Waals surface area contributed by atoms with Crippen LogP contribution in [0.2, 0.25) is 5.02 Å². The second-order valence-electron chi connectivity index (χ2n) is 8.43. The van der Waals surface area contributed by atoms with Gasteiger partial charge >= 0.3 is 6.18 Å². The Morgan fingerprint density at radius 1 is 1.11 bits per heavy atom. The fraction of sp³-hybridized carbons (Fsp3) is 0.231. The maximum Gasteiger partial charge on any atom is 0.416 e. The van der Waals surface area contributed by atoms with Crippen LogP contribution in [0.3, 0.4) is 0 Å². The van der Waals surface area contributed by atoms with Crippen molar-refractivity contribution < 1.29 is 27.5 Å². The van der Waals surface area contributed by atoms with Crippen LogP contribution >= 0.6 is 23.4 Å². The predicted molar refractivity (Wildman–Crippen MR) is 132 cm³/mol. The molecule has 3 aromatic carbocycles. The summed E-state index contributed by atoms with van der Waals surface area (Å²) in [4.78, 5) is 29.3. The van der Waals surface area contributed by atoms with Gasteiger partial charge in [-0.2, -0.15) is 13.2 Å². The average Bonchev–Trinajstić information content (AvgIpc) is 3.40. The summed E-state index contributed by atoms with van der Waals surface area (Å²) in [7, 11) is 1.50. The van der Waals surface area contributed by atoms with Gasteiger partial charge in [0.05, 0.1) is 24.9 Å². The molecule has 36 heavy (non-hydrogen) atoms. The summed E-state index contributed by atoms with van der Waals surface area (Å²) in [5.74, 6) is 0.306. The third kappa shape index (κ3) is 4.00. The Hall–Kier alpha value is -3.17. The van der Waals surface area contributed by atoms with Crippen LogP contribution in [-0.4, -0.2) is 36.1 Å². The lowest BCUT2D eigenvalue weighted by molar-refractivity contribution is -0.137. The van der Waals surface area contributed by atoms with Gasteiger partial charge in [0.15, 0.2) is 4.87 Å². The van der Waals surface area contributed by atoms with E-state index in [1.807, 2.05) is 0 Å². The minimum Gasteiger partial charge on any atom is -0.497 e. The van der Waals surface area contributed by atoms with Crippen LogP contribution in [0.5, 0.6) is 5.75 Å². The van der Waals surface area contributed by atoms with Crippen molar-refractivity contribution in [2.45, 2.75) is 17.6 Å². The van der Waals surface area contributed by atoms with Crippen molar-refractivity contribution in [3.8, 4) is 5.75 Å². The first-order valence-electron chi connectivity index (χ1n) is 11.0. The number of nitrogens with zero attached hydrogens (tertiary/aromatic N) is 2. The highest BCUT2D eigenvalue weighted by Crippen LogP contribution is 2.55. The van der Waals surface area contributed by atoms with Gasteiger partial charge in [0.2, 0.25) is 0 Å². The first-order valence-corrected chi connectivity index (χ1v) is 12.4. The van der Waals surface area contributed by atoms with Crippen LogP contribution in [0.4, 0.5) is 18.9 Å². The first-order chi connectivity index (χ1) is 17.1. The van der Waals surface area contributed by atoms with E-state index in [2.05, 4.69) is 0 Å². The van der Waals surface area contributed by atoms with Crippen LogP contribution in [0, 0.1) is 0 Å². The van der Waals surface area contributed by atoms with Gasteiger partial charge in [-0.15, -0.1) is 11.8 Å². The zero-order valence-corrected chi connectivity index (χ0v) is 20.6. The standard InChI is InChI=1S/C26H20ClF3N2O3S/c1-35-20-9-10-22-21(14-20)25(32(11-12-36-25)23(33)17-5-7-19(27)8-6-17)24(34)31(22)15-16-3-2-4-18(13-16)26(28,29)30/h2-10,13-14H,11-12,15H2,1H3/t25-/m0/s1. The molecule has 0 radical (unpaired) electrons. The molecule has 2 aliphatic heterocycles. The maximum absolute atomic E-state index is 14.1. The number of benzene rings is 3. The molecule has 0 aromatic heterocycles. The molecule has 1 fully saturated rings. The molecule has 2 heterocycles. The van der Waals surface area contributed by atoms with Crippen LogP contribution in [0.25, 0.3) is 0 Å². The van der Waals surface area contributed by atoms with E-state index in [4.69, 9.17) is 16.3 Å². The van der Waals surface area contributed by atoms with Gasteiger partial charge < -0.3 is 14.5 Å². The first kappa shape index (κ1) is 24.5. The van der Waals surface area contributed by atoms with Crippen molar-refractivity contribution >= 4 is 40.9 Å². The number of thioether (sulfide) groups is 1. The third-order valence-electron chi connectivity index (χ3n) is 6.33. The summed E-state index contributed by atoms with van der Waals surface area (Å²) < 4.78 is 45.3. The highest BCUT2D eigenvalue weighted by Gasteiger charge is 2.59. The summed E-state index contributed by atoms with van der Waals surface area (Å²) in [5.41, 5.74) is 1.03. The number of methoxy groups -OCH3 is 1. The largest absolute Gasteiger partial charge is 0.497 e. The van der Waals surface area contributed by atoms with E-state index in [0.717, 1.165) is 12.1 Å². The van der Waals surface area contributed by atoms with Gasteiger partial charge in [-0.1, -0.05) is 23.7 Å². The summed E-state index contributed by atoms with van der Waals surface area (Å²) in [5, 5.41) is 0.483. The third-order valence-corrected chi connectivity index (χ3v) is 8.00. The summed E-state index contributed by atoms with van der Waals surface area (Å²) in [6.07, 6.45) is -4.50. The van der Waals surface area contributed by atoms with Crippen molar-refractivity contribution in [3.63, 3.8) is 0 Å². The second kappa shape index (κ2) is 9.05. The quantitative estimate of drug-likeness (QED) is 0.416. The minimum absolute atomic E-state index is 0.0760. The Bertz CT molecular complexity index is 1350. The molecular weight excluding hydrogens is 513 g/mol. The van der Waals surface area contributed by atoms with Gasteiger partial charge in [-0.05, 0) is 60.2 Å². The molecule has 0 bridgehead atoms. The monoisotopic (exact) mass is 532 g/mol. The molecule has 0 saturated carbocycles. The Kier molecular flexibility index (Phi) is 6.16. The lowest BCUT2D eigenvalue weighted by Gasteiger charge is -2.33. The van der Waals surface area contributed by atoms with Crippen molar-refractivity contribution in [2.75, 3.05) is 24.3 Å². The number of rotatable bonds is 4. The fourth-order valence-electron chi connectivity index (χ4n) is 4.66. The number of halogens is 4. The Labute approximate surface area is 214 Å². The molecule has 186 valence electrons. The fourth-order valence-corrected chi connectivity index (χ4v) is 6.23. The Morgan fingerprint density at radius 2 is 1.86 bits per heavy atom. The van der Waals surface area contributed by atoms with Crippen LogP contribution in [0.1, 0.15) is 27.0 Å². The Balaban J connectivity index is 1.58. The zero-order chi connectivity index (χ0) is 25.7. The van der Waals surface area contributed by atoms with Gasteiger partial charge in [0.25, 0.3) is 11.8 Å². The molecule has 1 atom stereocenters. The number of carbonyl (C=O) groups excluding carboxylic acids is 2. The van der Waals surface area contributed by atoms with Gasteiger partial charge in [-0.3, -0.25) is 9.59 Å². The van der Waals surface area contributed by atoms with E-state index in [1.165, 1.54) is 34.7 Å². The van der Waals surface area contributed by atoms with Gasteiger partial charge in [-0.25, -0.2) is 0 Å². The molecule has 1 spiro atoms. The molecule has 2 amide bonds. The molecule has 5 nitrogen and oxygen atoms in total. The van der Waals surface area contributed by atoms with Crippen molar-refractivity contribution in [3.05, 3.63) is 94.0 Å². The molecule has 10 heteroatoms. The average molecular weight is 533 g/mol. The lowest BCUT2D eigenvalue weighted by Crippen LogP contribution is -2.50. The molecular formula is C26H20ClF3N2O3S. The number of hydrogen-bond donors (Lipinski definition) is 0. The maximum atomic E-state index is 14.1. The molecule has 0 N–H and O–H groups in total. The molecule has 5 rings (SSSR count). The van der Waals surface area contributed by atoms with Crippen molar-refractivity contribution in [1.29, 1.82) is 0 Å². The molecule has 1 saturated heterocycles. The Morgan fingerprint density at radius 3 is 2.56 bits per heavy atom. The van der Waals surface area contributed by atoms with Crippen LogP contribution in [0.15, 0.2) is 66.7 Å². The van der Waals surface area contributed by atoms with E-state index in [9.17, 15) is 22.8 Å². The van der Waals surface area contributed by atoms with Gasteiger partial charge in [0, 0.05) is 28.4 Å². The van der Waals surface area contributed by atoms with Crippen molar-refractivity contribution in [2.24, 2.45) is 0 Å². The van der Waals surface area contributed by atoms with Gasteiger partial charge in [0.1, 0.15) is 5.75 Å². The minimum atomic E-state index is -4.50. The molecule has 2 aliphatic rings. The number of amides is 2. The molecule has 3 aromatic rings. The highest BCUT2D eigenvalue weighted by molar-refractivity contribution is 8.01. The summed E-state index contributed by atoms with van der Waals surface area (Å²) >= 11 is 7.31. The van der Waals surface area contributed by atoms with E-state index in [-0.39, 0.29) is 18.4 Å². The number of anilines is 1.